The zero-order valence-electron chi connectivity index (χ0n) is 11.3. The Hall–Kier alpha value is -1.09. The van der Waals surface area contributed by atoms with E-state index in [0.717, 1.165) is 24.5 Å². The van der Waals surface area contributed by atoms with Gasteiger partial charge in [0.15, 0.2) is 0 Å². The fraction of sp³-hybridized carbons (Fsp3) is 0.643. The first-order chi connectivity index (χ1) is 7.99. The number of anilines is 1. The van der Waals surface area contributed by atoms with Crippen molar-refractivity contribution >= 4 is 5.69 Å². The van der Waals surface area contributed by atoms with Crippen LogP contribution < -0.4 is 10.6 Å². The van der Waals surface area contributed by atoms with E-state index in [1.807, 2.05) is 6.92 Å². The van der Waals surface area contributed by atoms with E-state index in [1.54, 1.807) is 0 Å². The third-order valence-corrected chi connectivity index (χ3v) is 3.69. The minimum atomic E-state index is 0.287. The van der Waals surface area contributed by atoms with Crippen LogP contribution in [0.3, 0.4) is 0 Å². The number of rotatable bonds is 2. The van der Waals surface area contributed by atoms with Gasteiger partial charge < -0.3 is 10.6 Å². The molecule has 1 aromatic heterocycles. The molecule has 0 aromatic carbocycles. The molecular formula is C14H23N3. The van der Waals surface area contributed by atoms with E-state index in [2.05, 4.69) is 48.5 Å². The van der Waals surface area contributed by atoms with Crippen LogP contribution in [0.15, 0.2) is 12.1 Å². The van der Waals surface area contributed by atoms with Crippen LogP contribution in [0.5, 0.6) is 0 Å². The third-order valence-electron chi connectivity index (χ3n) is 3.69. The summed E-state index contributed by atoms with van der Waals surface area (Å²) in [4.78, 5) is 4.51. The molecule has 0 amide bonds. The SMILES string of the molecule is Cc1ccc(NC2CCNCC2(C)C)c(C)n1. The van der Waals surface area contributed by atoms with Crippen LogP contribution in [-0.2, 0) is 0 Å². The van der Waals surface area contributed by atoms with Crippen LogP contribution in [0.2, 0.25) is 0 Å². The van der Waals surface area contributed by atoms with Crippen molar-refractivity contribution in [2.24, 2.45) is 5.41 Å². The van der Waals surface area contributed by atoms with Crippen molar-refractivity contribution in [1.82, 2.24) is 10.3 Å². The molecule has 17 heavy (non-hydrogen) atoms. The highest BCUT2D eigenvalue weighted by Crippen LogP contribution is 2.28. The molecule has 0 bridgehead atoms. The lowest BCUT2D eigenvalue weighted by Gasteiger charge is -2.40. The number of aryl methyl sites for hydroxylation is 2. The zero-order chi connectivity index (χ0) is 12.5. The van der Waals surface area contributed by atoms with Gasteiger partial charge in [0.05, 0.1) is 11.4 Å². The summed E-state index contributed by atoms with van der Waals surface area (Å²) in [7, 11) is 0. The number of aromatic nitrogens is 1. The lowest BCUT2D eigenvalue weighted by atomic mass is 9.80. The molecule has 1 aliphatic heterocycles. The van der Waals surface area contributed by atoms with E-state index >= 15 is 0 Å². The normalized spacial score (nSPS) is 23.4. The van der Waals surface area contributed by atoms with Gasteiger partial charge in [0.25, 0.3) is 0 Å². The summed E-state index contributed by atoms with van der Waals surface area (Å²) in [5.41, 5.74) is 3.64. The average Bonchev–Trinajstić information content (AvgIpc) is 2.24. The van der Waals surface area contributed by atoms with Crippen molar-refractivity contribution < 1.29 is 0 Å². The highest BCUT2D eigenvalue weighted by Gasteiger charge is 2.32. The highest BCUT2D eigenvalue weighted by atomic mass is 15.0. The van der Waals surface area contributed by atoms with E-state index in [9.17, 15) is 0 Å². The van der Waals surface area contributed by atoms with E-state index in [4.69, 9.17) is 0 Å². The quantitative estimate of drug-likeness (QED) is 0.824. The molecule has 1 aliphatic rings. The van der Waals surface area contributed by atoms with Gasteiger partial charge in [0.2, 0.25) is 0 Å². The Morgan fingerprint density at radius 2 is 2.12 bits per heavy atom. The number of hydrogen-bond acceptors (Lipinski definition) is 3. The Bertz CT molecular complexity index is 398. The molecule has 3 nitrogen and oxygen atoms in total. The minimum absolute atomic E-state index is 0.287. The molecule has 3 heteroatoms. The van der Waals surface area contributed by atoms with E-state index < -0.39 is 0 Å². The summed E-state index contributed by atoms with van der Waals surface area (Å²) in [6, 6.07) is 4.74. The molecule has 1 fully saturated rings. The largest absolute Gasteiger partial charge is 0.380 e. The van der Waals surface area contributed by atoms with Crippen molar-refractivity contribution in [2.75, 3.05) is 18.4 Å². The van der Waals surface area contributed by atoms with Gasteiger partial charge in [-0.15, -0.1) is 0 Å². The van der Waals surface area contributed by atoms with Gasteiger partial charge >= 0.3 is 0 Å². The second-order valence-electron chi connectivity index (χ2n) is 5.74. The Morgan fingerprint density at radius 3 is 2.76 bits per heavy atom. The fourth-order valence-electron chi connectivity index (χ4n) is 2.47. The molecule has 1 atom stereocenters. The highest BCUT2D eigenvalue weighted by molar-refractivity contribution is 5.49. The van der Waals surface area contributed by atoms with Crippen molar-refractivity contribution in [3.05, 3.63) is 23.5 Å². The van der Waals surface area contributed by atoms with Crippen LogP contribution in [0.25, 0.3) is 0 Å². The van der Waals surface area contributed by atoms with Gasteiger partial charge in [-0.1, -0.05) is 13.8 Å². The maximum Gasteiger partial charge on any atom is 0.0606 e. The predicted molar refractivity (Wildman–Crippen MR) is 72.4 cm³/mol. The van der Waals surface area contributed by atoms with Crippen molar-refractivity contribution in [2.45, 2.75) is 40.2 Å². The van der Waals surface area contributed by atoms with Gasteiger partial charge in [-0.05, 0) is 44.4 Å². The molecule has 0 saturated carbocycles. The van der Waals surface area contributed by atoms with E-state index in [0.29, 0.717) is 6.04 Å². The molecular weight excluding hydrogens is 210 g/mol. The lowest BCUT2D eigenvalue weighted by Crippen LogP contribution is -2.49. The first-order valence-electron chi connectivity index (χ1n) is 6.40. The zero-order valence-corrected chi connectivity index (χ0v) is 11.3. The summed E-state index contributed by atoms with van der Waals surface area (Å²) < 4.78 is 0. The molecule has 94 valence electrons. The van der Waals surface area contributed by atoms with Gasteiger partial charge in [0, 0.05) is 18.3 Å². The Balaban J connectivity index is 2.14. The summed E-state index contributed by atoms with van der Waals surface area (Å²) >= 11 is 0. The Labute approximate surface area is 104 Å². The first kappa shape index (κ1) is 12.4. The number of piperidine rings is 1. The molecule has 1 saturated heterocycles. The fourth-order valence-corrected chi connectivity index (χ4v) is 2.47. The van der Waals surface area contributed by atoms with Crippen LogP contribution >= 0.6 is 0 Å². The maximum absolute atomic E-state index is 4.51. The molecule has 2 N–H and O–H groups in total. The summed E-state index contributed by atoms with van der Waals surface area (Å²) in [6.07, 6.45) is 1.17. The number of pyridine rings is 1. The first-order valence-corrected chi connectivity index (χ1v) is 6.40. The standard InChI is InChI=1S/C14H23N3/c1-10-5-6-12(11(2)16-10)17-13-7-8-15-9-14(13,3)4/h5-6,13,15,17H,7-9H2,1-4H3. The van der Waals surface area contributed by atoms with E-state index in [1.165, 1.54) is 12.1 Å². The molecule has 2 rings (SSSR count). The molecule has 1 aromatic rings. The Kier molecular flexibility index (Phi) is 3.38. The monoisotopic (exact) mass is 233 g/mol. The molecule has 0 radical (unpaired) electrons. The number of nitrogens with zero attached hydrogens (tertiary/aromatic N) is 1. The van der Waals surface area contributed by atoms with Crippen molar-refractivity contribution in [3.8, 4) is 0 Å². The second-order valence-corrected chi connectivity index (χ2v) is 5.74. The smallest absolute Gasteiger partial charge is 0.0606 e. The average molecular weight is 233 g/mol. The van der Waals surface area contributed by atoms with Gasteiger partial charge in [0.1, 0.15) is 0 Å². The Morgan fingerprint density at radius 1 is 1.35 bits per heavy atom. The van der Waals surface area contributed by atoms with Crippen LogP contribution in [0, 0.1) is 19.3 Å². The van der Waals surface area contributed by atoms with Crippen LogP contribution in [-0.4, -0.2) is 24.1 Å². The second kappa shape index (κ2) is 4.65. The van der Waals surface area contributed by atoms with Gasteiger partial charge in [-0.25, -0.2) is 0 Å². The number of hydrogen-bond donors (Lipinski definition) is 2. The summed E-state index contributed by atoms with van der Waals surface area (Å²) in [5, 5.41) is 7.12. The molecule has 2 heterocycles. The van der Waals surface area contributed by atoms with Gasteiger partial charge in [-0.3, -0.25) is 4.98 Å². The van der Waals surface area contributed by atoms with Crippen LogP contribution in [0.1, 0.15) is 31.7 Å². The van der Waals surface area contributed by atoms with E-state index in [-0.39, 0.29) is 5.41 Å². The number of nitrogens with one attached hydrogen (secondary N) is 2. The molecule has 1 unspecified atom stereocenters. The topological polar surface area (TPSA) is 37.0 Å². The molecule has 0 spiro atoms. The lowest BCUT2D eigenvalue weighted by molar-refractivity contribution is 0.236. The summed E-state index contributed by atoms with van der Waals surface area (Å²) in [6.45, 7) is 10.9. The third kappa shape index (κ3) is 2.78. The van der Waals surface area contributed by atoms with Gasteiger partial charge in [-0.2, -0.15) is 0 Å². The minimum Gasteiger partial charge on any atom is -0.380 e. The van der Waals surface area contributed by atoms with Crippen molar-refractivity contribution in [3.63, 3.8) is 0 Å². The predicted octanol–water partition coefficient (Wildman–Crippen LogP) is 2.50. The van der Waals surface area contributed by atoms with Crippen LogP contribution in [0.4, 0.5) is 5.69 Å². The summed E-state index contributed by atoms with van der Waals surface area (Å²) in [5.74, 6) is 0. The molecule has 0 aliphatic carbocycles. The maximum atomic E-state index is 4.51. The van der Waals surface area contributed by atoms with Crippen molar-refractivity contribution in [1.29, 1.82) is 0 Å².